The Hall–Kier alpha value is -3.42. The van der Waals surface area contributed by atoms with E-state index >= 15 is 0 Å². The molecule has 140 valence electrons. The van der Waals surface area contributed by atoms with Crippen molar-refractivity contribution >= 4 is 28.9 Å². The van der Waals surface area contributed by atoms with Gasteiger partial charge in [0.25, 0.3) is 11.6 Å². The smallest absolute Gasteiger partial charge is 0.337 e. The molecule has 1 fully saturated rings. The zero-order chi connectivity index (χ0) is 19.4. The van der Waals surface area contributed by atoms with Gasteiger partial charge in [0.1, 0.15) is 0 Å². The Balaban J connectivity index is 1.93. The molecule has 2 aromatic rings. The van der Waals surface area contributed by atoms with Crippen LogP contribution in [0.25, 0.3) is 0 Å². The number of anilines is 2. The van der Waals surface area contributed by atoms with E-state index in [1.54, 1.807) is 18.2 Å². The molecule has 0 atom stereocenters. The molecule has 1 N–H and O–H groups in total. The number of carbonyl (C=O) groups is 2. The van der Waals surface area contributed by atoms with Gasteiger partial charge in [0.15, 0.2) is 0 Å². The summed E-state index contributed by atoms with van der Waals surface area (Å²) in [7, 11) is 1.29. The fourth-order valence-corrected chi connectivity index (χ4v) is 3.07. The Labute approximate surface area is 155 Å². The first-order valence-corrected chi connectivity index (χ1v) is 8.52. The molecular weight excluding hydrogens is 350 g/mol. The minimum atomic E-state index is -0.551. The number of esters is 1. The Morgan fingerprint density at radius 1 is 1.11 bits per heavy atom. The molecule has 0 aromatic heterocycles. The predicted octanol–water partition coefficient (Wildman–Crippen LogP) is 3.23. The molecule has 1 aliphatic rings. The summed E-state index contributed by atoms with van der Waals surface area (Å²) in [6, 6.07) is 10.5. The normalized spacial score (nSPS) is 13.3. The van der Waals surface area contributed by atoms with Crippen molar-refractivity contribution < 1.29 is 19.2 Å². The van der Waals surface area contributed by atoms with Crippen LogP contribution in [-0.2, 0) is 4.74 Å². The number of carbonyl (C=O) groups excluding carboxylic acids is 2. The summed E-state index contributed by atoms with van der Waals surface area (Å²) in [5, 5.41) is 13.7. The molecule has 0 unspecified atom stereocenters. The lowest BCUT2D eigenvalue weighted by molar-refractivity contribution is -0.384. The number of benzene rings is 2. The lowest BCUT2D eigenvalue weighted by Gasteiger charge is -2.22. The van der Waals surface area contributed by atoms with Crippen molar-refractivity contribution in [1.82, 2.24) is 0 Å². The number of non-ortho nitro benzene ring substituents is 1. The SMILES string of the molecule is COC(=O)c1ccc(N2CCCC2)c(NC(=O)c2cccc([N+](=O)[O-])c2)c1. The van der Waals surface area contributed by atoms with Gasteiger partial charge in [0.05, 0.1) is 29.0 Å². The molecule has 8 heteroatoms. The molecule has 0 radical (unpaired) electrons. The zero-order valence-corrected chi connectivity index (χ0v) is 14.8. The molecule has 1 heterocycles. The topological polar surface area (TPSA) is 102 Å². The van der Waals surface area contributed by atoms with Gasteiger partial charge in [-0.05, 0) is 37.1 Å². The Morgan fingerprint density at radius 3 is 2.52 bits per heavy atom. The lowest BCUT2D eigenvalue weighted by atomic mass is 10.1. The first-order chi connectivity index (χ1) is 13.0. The number of amides is 1. The quantitative estimate of drug-likeness (QED) is 0.493. The second-order valence-electron chi connectivity index (χ2n) is 6.18. The number of nitrogens with one attached hydrogen (secondary N) is 1. The summed E-state index contributed by atoms with van der Waals surface area (Å²) in [6.07, 6.45) is 2.11. The van der Waals surface area contributed by atoms with Crippen molar-refractivity contribution in [3.8, 4) is 0 Å². The molecule has 1 amide bonds. The molecular formula is C19H19N3O5. The van der Waals surface area contributed by atoms with Crippen LogP contribution in [-0.4, -0.2) is 37.0 Å². The van der Waals surface area contributed by atoms with Gasteiger partial charge in [-0.2, -0.15) is 0 Å². The fraction of sp³-hybridized carbons (Fsp3) is 0.263. The predicted molar refractivity (Wildman–Crippen MR) is 100 cm³/mol. The van der Waals surface area contributed by atoms with E-state index in [4.69, 9.17) is 4.74 Å². The molecule has 0 bridgehead atoms. The van der Waals surface area contributed by atoms with Crippen LogP contribution < -0.4 is 10.2 Å². The van der Waals surface area contributed by atoms with Gasteiger partial charge in [-0.1, -0.05) is 6.07 Å². The van der Waals surface area contributed by atoms with E-state index in [9.17, 15) is 19.7 Å². The van der Waals surface area contributed by atoms with Crippen LogP contribution in [0.3, 0.4) is 0 Å². The van der Waals surface area contributed by atoms with Crippen molar-refractivity contribution in [1.29, 1.82) is 0 Å². The third kappa shape index (κ3) is 4.05. The van der Waals surface area contributed by atoms with Crippen molar-refractivity contribution in [2.45, 2.75) is 12.8 Å². The number of hydrogen-bond acceptors (Lipinski definition) is 6. The van der Waals surface area contributed by atoms with Crippen molar-refractivity contribution in [2.24, 2.45) is 0 Å². The monoisotopic (exact) mass is 369 g/mol. The van der Waals surface area contributed by atoms with Crippen LogP contribution in [0.5, 0.6) is 0 Å². The molecule has 1 saturated heterocycles. The highest BCUT2D eigenvalue weighted by molar-refractivity contribution is 6.07. The van der Waals surface area contributed by atoms with E-state index < -0.39 is 16.8 Å². The summed E-state index contributed by atoms with van der Waals surface area (Å²) >= 11 is 0. The maximum absolute atomic E-state index is 12.6. The summed E-state index contributed by atoms with van der Waals surface area (Å²) in [5.41, 5.74) is 1.59. The van der Waals surface area contributed by atoms with Crippen LogP contribution >= 0.6 is 0 Å². The summed E-state index contributed by atoms with van der Waals surface area (Å²) in [5.74, 6) is -0.991. The van der Waals surface area contributed by atoms with Crippen molar-refractivity contribution in [2.75, 3.05) is 30.4 Å². The van der Waals surface area contributed by atoms with Crippen molar-refractivity contribution in [3.63, 3.8) is 0 Å². The van der Waals surface area contributed by atoms with E-state index in [1.165, 1.54) is 31.4 Å². The number of nitro benzene ring substituents is 1. The number of rotatable bonds is 5. The number of nitro groups is 1. The molecule has 3 rings (SSSR count). The van der Waals surface area contributed by atoms with Crippen molar-refractivity contribution in [3.05, 3.63) is 63.7 Å². The largest absolute Gasteiger partial charge is 0.465 e. The Bertz CT molecular complexity index is 891. The first kappa shape index (κ1) is 18.4. The third-order valence-corrected chi connectivity index (χ3v) is 4.43. The average Bonchev–Trinajstić information content (AvgIpc) is 3.21. The second-order valence-corrected chi connectivity index (χ2v) is 6.18. The first-order valence-electron chi connectivity index (χ1n) is 8.52. The molecule has 2 aromatic carbocycles. The molecule has 0 aliphatic carbocycles. The van der Waals surface area contributed by atoms with Gasteiger partial charge in [0, 0.05) is 30.8 Å². The van der Waals surface area contributed by atoms with Gasteiger partial charge in [-0.3, -0.25) is 14.9 Å². The Morgan fingerprint density at radius 2 is 1.85 bits per heavy atom. The standard InChI is InChI=1S/C19H19N3O5/c1-27-19(24)14-7-8-17(21-9-2-3-10-21)16(12-14)20-18(23)13-5-4-6-15(11-13)22(25)26/h4-8,11-12H,2-3,9-10H2,1H3,(H,20,23). The van der Waals surface area contributed by atoms with E-state index in [0.29, 0.717) is 11.3 Å². The minimum absolute atomic E-state index is 0.161. The molecule has 0 saturated carbocycles. The molecule has 0 spiro atoms. The summed E-state index contributed by atoms with van der Waals surface area (Å²) < 4.78 is 4.75. The molecule has 27 heavy (non-hydrogen) atoms. The number of ether oxygens (including phenoxy) is 1. The Kier molecular flexibility index (Phi) is 5.35. The minimum Gasteiger partial charge on any atom is -0.465 e. The zero-order valence-electron chi connectivity index (χ0n) is 14.8. The van der Waals surface area contributed by atoms with E-state index in [0.717, 1.165) is 31.6 Å². The maximum atomic E-state index is 12.6. The van der Waals surface area contributed by atoms with Gasteiger partial charge < -0.3 is 15.0 Å². The van der Waals surface area contributed by atoms with Gasteiger partial charge >= 0.3 is 5.97 Å². The molecule has 8 nitrogen and oxygen atoms in total. The second kappa shape index (κ2) is 7.86. The van der Waals surface area contributed by atoms with Gasteiger partial charge in [-0.15, -0.1) is 0 Å². The van der Waals surface area contributed by atoms with Crippen LogP contribution in [0.4, 0.5) is 17.1 Å². The highest BCUT2D eigenvalue weighted by Crippen LogP contribution is 2.31. The maximum Gasteiger partial charge on any atom is 0.337 e. The van der Waals surface area contributed by atoms with Crippen LogP contribution in [0, 0.1) is 10.1 Å². The van der Waals surface area contributed by atoms with E-state index in [1.807, 2.05) is 0 Å². The number of hydrogen-bond donors (Lipinski definition) is 1. The average molecular weight is 369 g/mol. The summed E-state index contributed by atoms with van der Waals surface area (Å²) in [6.45, 7) is 1.72. The highest BCUT2D eigenvalue weighted by Gasteiger charge is 2.20. The van der Waals surface area contributed by atoms with Gasteiger partial charge in [-0.25, -0.2) is 4.79 Å². The van der Waals surface area contributed by atoms with Gasteiger partial charge in [0.2, 0.25) is 0 Å². The van der Waals surface area contributed by atoms with E-state index in [2.05, 4.69) is 10.2 Å². The highest BCUT2D eigenvalue weighted by atomic mass is 16.6. The lowest BCUT2D eigenvalue weighted by Crippen LogP contribution is -2.21. The van der Waals surface area contributed by atoms with E-state index in [-0.39, 0.29) is 11.3 Å². The summed E-state index contributed by atoms with van der Waals surface area (Å²) in [4.78, 5) is 37.0. The molecule has 1 aliphatic heterocycles. The van der Waals surface area contributed by atoms with Crippen LogP contribution in [0.15, 0.2) is 42.5 Å². The van der Waals surface area contributed by atoms with Crippen LogP contribution in [0.2, 0.25) is 0 Å². The van der Waals surface area contributed by atoms with Crippen LogP contribution in [0.1, 0.15) is 33.6 Å². The number of methoxy groups -OCH3 is 1. The fourth-order valence-electron chi connectivity index (χ4n) is 3.07. The number of nitrogens with zero attached hydrogens (tertiary/aromatic N) is 2. The third-order valence-electron chi connectivity index (χ3n) is 4.43.